The highest BCUT2D eigenvalue weighted by Crippen LogP contribution is 2.38. The molecule has 0 spiro atoms. The van der Waals surface area contributed by atoms with Crippen molar-refractivity contribution in [3.63, 3.8) is 0 Å². The summed E-state index contributed by atoms with van der Waals surface area (Å²) >= 11 is 0. The Kier molecular flexibility index (Phi) is 3.32. The first-order valence-corrected chi connectivity index (χ1v) is 7.54. The van der Waals surface area contributed by atoms with E-state index < -0.39 is 28.5 Å². The second-order valence-electron chi connectivity index (χ2n) is 4.75. The fourth-order valence-electron chi connectivity index (χ4n) is 2.57. The standard InChI is InChI=1S/C9H13N5O6S/c10-3-7-11-12-8(19-7)6-2-1-5-4-13(6)9(15)14(5)20-21(16,17)18/h5-6H,1-4,10H2,(H,16,17,18)/t5-,6+/m1/s1. The Hall–Kier alpha value is -1.76. The number of rotatable bonds is 4. The Balaban J connectivity index is 1.82. The average molecular weight is 319 g/mol. The minimum Gasteiger partial charge on any atom is -0.422 e. The van der Waals surface area contributed by atoms with Crippen molar-refractivity contribution in [2.45, 2.75) is 31.5 Å². The van der Waals surface area contributed by atoms with Crippen LogP contribution in [0.3, 0.4) is 0 Å². The van der Waals surface area contributed by atoms with Crippen LogP contribution in [-0.4, -0.2) is 51.7 Å². The summed E-state index contributed by atoms with van der Waals surface area (Å²) in [4.78, 5) is 13.5. The Labute approximate surface area is 119 Å². The van der Waals surface area contributed by atoms with E-state index in [0.29, 0.717) is 17.9 Å². The largest absolute Gasteiger partial charge is 0.422 e. The minimum absolute atomic E-state index is 0.0916. The third-order valence-electron chi connectivity index (χ3n) is 3.44. The zero-order valence-electron chi connectivity index (χ0n) is 10.7. The van der Waals surface area contributed by atoms with Gasteiger partial charge in [0.1, 0.15) is 6.04 Å². The predicted molar refractivity (Wildman–Crippen MR) is 64.5 cm³/mol. The zero-order valence-corrected chi connectivity index (χ0v) is 11.6. The van der Waals surface area contributed by atoms with Crippen LogP contribution in [0.4, 0.5) is 4.79 Å². The van der Waals surface area contributed by atoms with Gasteiger partial charge in [-0.3, -0.25) is 4.55 Å². The lowest BCUT2D eigenvalue weighted by atomic mass is 10.0. The number of carbonyl (C=O) groups excluding carboxylic acids is 1. The summed E-state index contributed by atoms with van der Waals surface area (Å²) in [5.74, 6) is 0.501. The smallest absolute Gasteiger partial charge is 0.418 e. The van der Waals surface area contributed by atoms with Crippen molar-refractivity contribution in [1.29, 1.82) is 0 Å². The number of nitrogens with two attached hydrogens (primary N) is 1. The number of hydrogen-bond acceptors (Lipinski definition) is 8. The topological polar surface area (TPSA) is 152 Å². The molecule has 116 valence electrons. The zero-order chi connectivity index (χ0) is 15.2. The number of piperidine rings is 1. The van der Waals surface area contributed by atoms with Gasteiger partial charge < -0.3 is 15.1 Å². The van der Waals surface area contributed by atoms with E-state index in [1.807, 2.05) is 0 Å². The van der Waals surface area contributed by atoms with Crippen LogP contribution in [0.25, 0.3) is 0 Å². The summed E-state index contributed by atoms with van der Waals surface area (Å²) in [5.41, 5.74) is 5.39. The SMILES string of the molecule is NCc1nnc([C@@H]2CC[C@@H]3CN2C(=O)N3OS(=O)(=O)O)o1. The number of amides is 2. The Bertz CT molecular complexity index is 659. The molecule has 3 rings (SSSR count). The Morgan fingerprint density at radius 2 is 2.19 bits per heavy atom. The van der Waals surface area contributed by atoms with Crippen LogP contribution < -0.4 is 5.73 Å². The number of hydroxylamine groups is 2. The molecule has 0 aromatic carbocycles. The van der Waals surface area contributed by atoms with E-state index in [9.17, 15) is 13.2 Å². The molecule has 2 aliphatic rings. The van der Waals surface area contributed by atoms with Crippen molar-refractivity contribution in [2.24, 2.45) is 5.73 Å². The van der Waals surface area contributed by atoms with E-state index in [1.165, 1.54) is 4.90 Å². The molecule has 0 unspecified atom stereocenters. The molecule has 2 bridgehead atoms. The van der Waals surface area contributed by atoms with Crippen LogP contribution in [0.5, 0.6) is 0 Å². The van der Waals surface area contributed by atoms with E-state index in [0.717, 1.165) is 0 Å². The van der Waals surface area contributed by atoms with Gasteiger partial charge >= 0.3 is 16.4 Å². The number of aromatic nitrogens is 2. The number of hydrogen-bond donors (Lipinski definition) is 2. The van der Waals surface area contributed by atoms with Gasteiger partial charge in [-0.15, -0.1) is 14.5 Å². The van der Waals surface area contributed by atoms with E-state index >= 15 is 0 Å². The maximum absolute atomic E-state index is 12.2. The fraction of sp³-hybridized carbons (Fsp3) is 0.667. The molecule has 2 amide bonds. The molecule has 1 aromatic rings. The van der Waals surface area contributed by atoms with Gasteiger partial charge in [0, 0.05) is 6.54 Å². The molecule has 0 radical (unpaired) electrons. The summed E-state index contributed by atoms with van der Waals surface area (Å²) in [6, 6.07) is -1.59. The second-order valence-corrected chi connectivity index (χ2v) is 5.75. The van der Waals surface area contributed by atoms with Gasteiger partial charge in [0.05, 0.1) is 12.6 Å². The van der Waals surface area contributed by atoms with Crippen LogP contribution in [0.1, 0.15) is 30.7 Å². The van der Waals surface area contributed by atoms with Gasteiger partial charge in [-0.2, -0.15) is 13.5 Å². The normalized spacial score (nSPS) is 25.7. The summed E-state index contributed by atoms with van der Waals surface area (Å²) in [6.45, 7) is 0.341. The molecule has 2 fully saturated rings. The summed E-state index contributed by atoms with van der Waals surface area (Å²) in [7, 11) is -4.75. The summed E-state index contributed by atoms with van der Waals surface area (Å²) in [5, 5.41) is 8.24. The lowest BCUT2D eigenvalue weighted by Gasteiger charge is -2.27. The molecule has 3 N–H and O–H groups in total. The van der Waals surface area contributed by atoms with Crippen LogP contribution in [0, 0.1) is 0 Å². The van der Waals surface area contributed by atoms with Crippen molar-refractivity contribution in [3.8, 4) is 0 Å². The van der Waals surface area contributed by atoms with Crippen molar-refractivity contribution >= 4 is 16.4 Å². The minimum atomic E-state index is -4.75. The molecular weight excluding hydrogens is 306 g/mol. The van der Waals surface area contributed by atoms with Gasteiger partial charge in [-0.05, 0) is 12.8 Å². The first kappa shape index (κ1) is 14.2. The monoisotopic (exact) mass is 319 g/mol. The number of fused-ring (bicyclic) bond motifs is 2. The molecular formula is C9H13N5O6S. The first-order chi connectivity index (χ1) is 9.89. The van der Waals surface area contributed by atoms with Crippen molar-refractivity contribution in [1.82, 2.24) is 20.2 Å². The van der Waals surface area contributed by atoms with Crippen molar-refractivity contribution < 1.29 is 26.5 Å². The molecule has 12 heteroatoms. The van der Waals surface area contributed by atoms with Gasteiger partial charge in [0.25, 0.3) is 0 Å². The van der Waals surface area contributed by atoms with Crippen molar-refractivity contribution in [2.75, 3.05) is 6.54 Å². The van der Waals surface area contributed by atoms with E-state index in [4.69, 9.17) is 14.7 Å². The number of urea groups is 1. The van der Waals surface area contributed by atoms with Crippen LogP contribution in [0.2, 0.25) is 0 Å². The molecule has 21 heavy (non-hydrogen) atoms. The lowest BCUT2D eigenvalue weighted by molar-refractivity contribution is -0.0317. The number of nitrogens with zero attached hydrogens (tertiary/aromatic N) is 4. The molecule has 2 aliphatic heterocycles. The van der Waals surface area contributed by atoms with Gasteiger partial charge in [0.2, 0.25) is 11.8 Å². The molecule has 1 aromatic heterocycles. The van der Waals surface area contributed by atoms with Crippen LogP contribution >= 0.6 is 0 Å². The fourth-order valence-corrected chi connectivity index (χ4v) is 2.96. The van der Waals surface area contributed by atoms with Gasteiger partial charge in [0.15, 0.2) is 0 Å². The van der Waals surface area contributed by atoms with E-state index in [1.54, 1.807) is 0 Å². The summed E-state index contributed by atoms with van der Waals surface area (Å²) < 4.78 is 39.9. The third kappa shape index (κ3) is 2.57. The van der Waals surface area contributed by atoms with E-state index in [-0.39, 0.29) is 24.9 Å². The highest BCUT2D eigenvalue weighted by atomic mass is 32.3. The summed E-state index contributed by atoms with van der Waals surface area (Å²) in [6.07, 6.45) is 0.983. The average Bonchev–Trinajstić information content (AvgIpc) is 2.98. The molecule has 2 saturated heterocycles. The molecule has 0 saturated carbocycles. The molecule has 0 aliphatic carbocycles. The van der Waals surface area contributed by atoms with E-state index in [2.05, 4.69) is 14.5 Å². The van der Waals surface area contributed by atoms with Gasteiger partial charge in [-0.1, -0.05) is 0 Å². The lowest BCUT2D eigenvalue weighted by Crippen LogP contribution is -2.35. The molecule has 2 atom stereocenters. The van der Waals surface area contributed by atoms with Crippen LogP contribution in [0.15, 0.2) is 4.42 Å². The number of carbonyl (C=O) groups is 1. The maximum atomic E-state index is 12.2. The molecule has 3 heterocycles. The first-order valence-electron chi connectivity index (χ1n) is 6.18. The van der Waals surface area contributed by atoms with Gasteiger partial charge in [-0.25, -0.2) is 4.79 Å². The quantitative estimate of drug-likeness (QED) is 0.679. The highest BCUT2D eigenvalue weighted by Gasteiger charge is 2.49. The third-order valence-corrected chi connectivity index (χ3v) is 3.79. The highest BCUT2D eigenvalue weighted by molar-refractivity contribution is 7.80. The predicted octanol–water partition coefficient (Wildman–Crippen LogP) is -0.796. The second kappa shape index (κ2) is 4.91. The maximum Gasteiger partial charge on any atom is 0.418 e. The van der Waals surface area contributed by atoms with Crippen molar-refractivity contribution in [3.05, 3.63) is 11.8 Å². The van der Waals surface area contributed by atoms with Crippen LogP contribution in [-0.2, 0) is 21.2 Å². The molecule has 11 nitrogen and oxygen atoms in total. The Morgan fingerprint density at radius 3 is 2.81 bits per heavy atom. The Morgan fingerprint density at radius 1 is 1.43 bits per heavy atom.